The molecule has 0 amide bonds. The van der Waals surface area contributed by atoms with Crippen molar-refractivity contribution in [3.05, 3.63) is 22.9 Å². The van der Waals surface area contributed by atoms with Crippen molar-refractivity contribution >= 4 is 23.1 Å². The summed E-state index contributed by atoms with van der Waals surface area (Å²) < 4.78 is 1.34. The molecule has 0 aromatic carbocycles. The fraction of sp³-hybridized carbons (Fsp3) is 0.444. The third-order valence-corrected chi connectivity index (χ3v) is 2.71. The Balaban J connectivity index is 2.29. The Bertz CT molecular complexity index is 530. The van der Waals surface area contributed by atoms with Gasteiger partial charge in [-0.3, -0.25) is 0 Å². The van der Waals surface area contributed by atoms with Crippen LogP contribution in [0.1, 0.15) is 13.3 Å². The molecular formula is C9H12ClN5O. The standard InChI is InChI=1S/C9H12ClN5O/c1-2-6(4-10)12-7-3-8-13-14-9(16)15(8)5-11-7/h3,5-6,12H,2,4H2,1H3,(H,14,16). The normalized spacial score (nSPS) is 12.9. The first-order valence-corrected chi connectivity index (χ1v) is 5.53. The van der Waals surface area contributed by atoms with Gasteiger partial charge in [-0.2, -0.15) is 5.10 Å². The molecule has 0 saturated heterocycles. The predicted molar refractivity (Wildman–Crippen MR) is 62.0 cm³/mol. The summed E-state index contributed by atoms with van der Waals surface area (Å²) in [7, 11) is 0. The second kappa shape index (κ2) is 4.52. The zero-order chi connectivity index (χ0) is 11.5. The van der Waals surface area contributed by atoms with Crippen LogP contribution in [0, 0.1) is 0 Å². The molecule has 0 saturated carbocycles. The molecule has 0 radical (unpaired) electrons. The minimum absolute atomic E-state index is 0.169. The fourth-order valence-electron chi connectivity index (χ4n) is 1.35. The van der Waals surface area contributed by atoms with E-state index in [1.54, 1.807) is 6.07 Å². The Labute approximate surface area is 96.7 Å². The van der Waals surface area contributed by atoms with Gasteiger partial charge in [0.05, 0.1) is 0 Å². The highest BCUT2D eigenvalue weighted by Gasteiger charge is 2.07. The van der Waals surface area contributed by atoms with Crippen molar-refractivity contribution < 1.29 is 0 Å². The molecule has 1 unspecified atom stereocenters. The first kappa shape index (κ1) is 10.9. The van der Waals surface area contributed by atoms with Crippen LogP contribution >= 0.6 is 11.6 Å². The second-order valence-corrected chi connectivity index (χ2v) is 3.74. The van der Waals surface area contributed by atoms with Gasteiger partial charge < -0.3 is 5.32 Å². The van der Waals surface area contributed by atoms with Gasteiger partial charge in [-0.1, -0.05) is 6.92 Å². The molecule has 86 valence electrons. The molecule has 0 spiro atoms. The molecule has 0 aliphatic heterocycles. The average Bonchev–Trinajstić information content (AvgIpc) is 2.68. The molecule has 0 fully saturated rings. The Morgan fingerprint density at radius 3 is 3.19 bits per heavy atom. The zero-order valence-electron chi connectivity index (χ0n) is 8.77. The smallest absolute Gasteiger partial charge is 0.348 e. The lowest BCUT2D eigenvalue weighted by molar-refractivity contribution is 0.764. The Hall–Kier alpha value is -1.56. The van der Waals surface area contributed by atoms with E-state index in [0.29, 0.717) is 17.3 Å². The highest BCUT2D eigenvalue weighted by molar-refractivity contribution is 6.18. The molecule has 1 atom stereocenters. The summed E-state index contributed by atoms with van der Waals surface area (Å²) in [6, 6.07) is 1.87. The van der Waals surface area contributed by atoms with E-state index in [1.165, 1.54) is 10.7 Å². The number of hydrogen-bond donors (Lipinski definition) is 2. The summed E-state index contributed by atoms with van der Waals surface area (Å²) in [6.07, 6.45) is 2.34. The molecular weight excluding hydrogens is 230 g/mol. The number of anilines is 1. The Morgan fingerprint density at radius 2 is 2.50 bits per heavy atom. The molecule has 6 nitrogen and oxygen atoms in total. The van der Waals surface area contributed by atoms with E-state index in [0.717, 1.165) is 6.42 Å². The van der Waals surface area contributed by atoms with E-state index in [2.05, 4.69) is 20.5 Å². The fourth-order valence-corrected chi connectivity index (χ4v) is 1.64. The van der Waals surface area contributed by atoms with Crippen LogP contribution < -0.4 is 11.0 Å². The van der Waals surface area contributed by atoms with Crippen LogP contribution in [0.3, 0.4) is 0 Å². The van der Waals surface area contributed by atoms with Crippen molar-refractivity contribution in [3.8, 4) is 0 Å². The van der Waals surface area contributed by atoms with Gasteiger partial charge in [0.2, 0.25) is 0 Å². The second-order valence-electron chi connectivity index (χ2n) is 3.43. The zero-order valence-corrected chi connectivity index (χ0v) is 9.53. The molecule has 2 heterocycles. The molecule has 0 aliphatic carbocycles. The molecule has 0 aliphatic rings. The van der Waals surface area contributed by atoms with Crippen LogP contribution in [0.5, 0.6) is 0 Å². The van der Waals surface area contributed by atoms with E-state index < -0.39 is 0 Å². The van der Waals surface area contributed by atoms with E-state index in [9.17, 15) is 4.79 Å². The van der Waals surface area contributed by atoms with Crippen molar-refractivity contribution in [3.63, 3.8) is 0 Å². The number of rotatable bonds is 4. The van der Waals surface area contributed by atoms with Gasteiger partial charge in [-0.25, -0.2) is 19.3 Å². The van der Waals surface area contributed by atoms with Crippen LogP contribution in [-0.4, -0.2) is 31.5 Å². The van der Waals surface area contributed by atoms with E-state index in [-0.39, 0.29) is 11.7 Å². The third kappa shape index (κ3) is 2.01. The summed E-state index contributed by atoms with van der Waals surface area (Å²) >= 11 is 5.77. The maximum Gasteiger partial charge on any atom is 0.348 e. The van der Waals surface area contributed by atoms with Crippen LogP contribution in [-0.2, 0) is 0 Å². The number of aromatic nitrogens is 4. The van der Waals surface area contributed by atoms with Gasteiger partial charge in [-0.05, 0) is 6.42 Å². The lowest BCUT2D eigenvalue weighted by Crippen LogP contribution is -2.21. The minimum atomic E-state index is -0.293. The van der Waals surface area contributed by atoms with Crippen molar-refractivity contribution in [2.45, 2.75) is 19.4 Å². The molecule has 16 heavy (non-hydrogen) atoms. The van der Waals surface area contributed by atoms with Crippen LogP contribution in [0.4, 0.5) is 5.82 Å². The number of fused-ring (bicyclic) bond motifs is 1. The summed E-state index contributed by atoms with van der Waals surface area (Å²) in [5.41, 5.74) is 0.241. The number of H-pyrrole nitrogens is 1. The third-order valence-electron chi connectivity index (χ3n) is 2.34. The summed E-state index contributed by atoms with van der Waals surface area (Å²) in [4.78, 5) is 15.3. The quantitative estimate of drug-likeness (QED) is 0.778. The van der Waals surface area contributed by atoms with Gasteiger partial charge in [0.25, 0.3) is 0 Å². The maximum absolute atomic E-state index is 11.2. The molecule has 2 aromatic heterocycles. The average molecular weight is 242 g/mol. The Morgan fingerprint density at radius 1 is 1.69 bits per heavy atom. The highest BCUT2D eigenvalue weighted by atomic mass is 35.5. The van der Waals surface area contributed by atoms with Crippen LogP contribution in [0.25, 0.3) is 5.65 Å². The van der Waals surface area contributed by atoms with E-state index in [4.69, 9.17) is 11.6 Å². The SMILES string of the molecule is CCC(CCl)Nc1cc2n[nH]c(=O)n2cn1. The summed E-state index contributed by atoms with van der Waals surface area (Å²) in [5, 5.41) is 9.37. The largest absolute Gasteiger partial charge is 0.366 e. The van der Waals surface area contributed by atoms with Gasteiger partial charge in [0.1, 0.15) is 12.1 Å². The number of hydrogen-bond acceptors (Lipinski definition) is 4. The summed E-state index contributed by atoms with van der Waals surface area (Å²) in [6.45, 7) is 2.04. The Kier molecular flexibility index (Phi) is 3.09. The summed E-state index contributed by atoms with van der Waals surface area (Å²) in [5.74, 6) is 1.18. The maximum atomic E-state index is 11.2. The molecule has 2 rings (SSSR count). The van der Waals surface area contributed by atoms with E-state index in [1.807, 2.05) is 6.92 Å². The van der Waals surface area contributed by atoms with Gasteiger partial charge >= 0.3 is 5.69 Å². The van der Waals surface area contributed by atoms with Crippen LogP contribution in [0.2, 0.25) is 0 Å². The number of nitrogens with one attached hydrogen (secondary N) is 2. The molecule has 2 N–H and O–H groups in total. The molecule has 7 heteroatoms. The molecule has 2 aromatic rings. The van der Waals surface area contributed by atoms with Gasteiger partial charge in [0, 0.05) is 18.0 Å². The predicted octanol–water partition coefficient (Wildman–Crippen LogP) is 0.847. The molecule has 0 bridgehead atoms. The minimum Gasteiger partial charge on any atom is -0.366 e. The number of halogens is 1. The first-order chi connectivity index (χ1) is 7.74. The first-order valence-electron chi connectivity index (χ1n) is 5.00. The number of alkyl halides is 1. The van der Waals surface area contributed by atoms with Crippen molar-refractivity contribution in [2.75, 3.05) is 11.2 Å². The monoisotopic (exact) mass is 241 g/mol. The van der Waals surface area contributed by atoms with Gasteiger partial charge in [-0.15, -0.1) is 11.6 Å². The van der Waals surface area contributed by atoms with Crippen molar-refractivity contribution in [1.82, 2.24) is 19.6 Å². The van der Waals surface area contributed by atoms with E-state index >= 15 is 0 Å². The van der Waals surface area contributed by atoms with Crippen molar-refractivity contribution in [1.29, 1.82) is 0 Å². The lowest BCUT2D eigenvalue weighted by Gasteiger charge is -2.13. The number of aromatic amines is 1. The lowest BCUT2D eigenvalue weighted by atomic mass is 10.2. The van der Waals surface area contributed by atoms with Gasteiger partial charge in [0.15, 0.2) is 5.65 Å². The van der Waals surface area contributed by atoms with Crippen molar-refractivity contribution in [2.24, 2.45) is 0 Å². The highest BCUT2D eigenvalue weighted by Crippen LogP contribution is 2.08. The number of nitrogens with zero attached hydrogens (tertiary/aromatic N) is 3. The van der Waals surface area contributed by atoms with Crippen LogP contribution in [0.15, 0.2) is 17.2 Å². The topological polar surface area (TPSA) is 75.1 Å².